The molecule has 1 N–H and O–H groups in total. The topological polar surface area (TPSA) is 82.7 Å². The molecule has 0 radical (unpaired) electrons. The Balaban J connectivity index is 1.94. The van der Waals surface area contributed by atoms with Crippen LogP contribution in [0.4, 0.5) is 0 Å². The molecule has 0 atom stereocenters. The molecular formula is C19H14N2O5. The van der Waals surface area contributed by atoms with Gasteiger partial charge >= 0.3 is 0 Å². The van der Waals surface area contributed by atoms with Crippen LogP contribution in [-0.2, 0) is 0 Å². The lowest BCUT2D eigenvalue weighted by Gasteiger charge is -2.11. The van der Waals surface area contributed by atoms with Gasteiger partial charge < -0.3 is 23.9 Å². The third-order valence-electron chi connectivity index (χ3n) is 4.66. The van der Waals surface area contributed by atoms with Crippen LogP contribution in [0, 0.1) is 0 Å². The minimum atomic E-state index is -0.210. The zero-order valence-corrected chi connectivity index (χ0v) is 14.1. The van der Waals surface area contributed by atoms with Gasteiger partial charge in [-0.25, -0.2) is 0 Å². The SMILES string of the molecule is COc1cc2c(=O)[nH]c3c4cc5c(cc4ncc3c2cc1OC)OCO5. The molecule has 4 aromatic rings. The van der Waals surface area contributed by atoms with Gasteiger partial charge in [0.25, 0.3) is 5.56 Å². The number of ether oxygens (including phenoxy) is 4. The fraction of sp³-hybridized carbons (Fsp3) is 0.158. The molecule has 0 unspecified atom stereocenters. The number of rotatable bonds is 2. The van der Waals surface area contributed by atoms with Crippen molar-refractivity contribution in [1.82, 2.24) is 9.97 Å². The van der Waals surface area contributed by atoms with E-state index in [4.69, 9.17) is 18.9 Å². The number of H-pyrrole nitrogens is 1. The van der Waals surface area contributed by atoms with E-state index >= 15 is 0 Å². The predicted molar refractivity (Wildman–Crippen MR) is 96.6 cm³/mol. The normalized spacial score (nSPS) is 12.8. The lowest BCUT2D eigenvalue weighted by atomic mass is 10.0. The molecule has 5 rings (SSSR count). The summed E-state index contributed by atoms with van der Waals surface area (Å²) in [5, 5.41) is 2.86. The Morgan fingerprint density at radius 2 is 1.62 bits per heavy atom. The first-order valence-corrected chi connectivity index (χ1v) is 7.99. The highest BCUT2D eigenvalue weighted by Crippen LogP contribution is 2.39. The van der Waals surface area contributed by atoms with Crippen LogP contribution in [0.25, 0.3) is 32.6 Å². The van der Waals surface area contributed by atoms with Gasteiger partial charge in [-0.05, 0) is 18.2 Å². The molecule has 0 amide bonds. The standard InChI is InChI=1S/C19H14N2O5/c1-23-14-3-9-10(4-15(14)24-2)19(22)21-18-11-5-16-17(26-8-25-16)6-13(11)20-7-12(9)18/h3-7H,8H2,1-2H3,(H,21,22). The summed E-state index contributed by atoms with van der Waals surface area (Å²) in [5.74, 6) is 2.35. The van der Waals surface area contributed by atoms with Gasteiger partial charge in [0, 0.05) is 28.4 Å². The van der Waals surface area contributed by atoms with E-state index in [0.29, 0.717) is 33.9 Å². The van der Waals surface area contributed by atoms with E-state index in [2.05, 4.69) is 9.97 Å². The van der Waals surface area contributed by atoms with Crippen LogP contribution in [0.3, 0.4) is 0 Å². The van der Waals surface area contributed by atoms with Gasteiger partial charge in [-0.15, -0.1) is 0 Å². The van der Waals surface area contributed by atoms with Gasteiger partial charge in [-0.2, -0.15) is 0 Å². The Hall–Kier alpha value is -3.48. The number of nitrogens with zero attached hydrogens (tertiary/aromatic N) is 1. The quantitative estimate of drug-likeness (QED) is 0.560. The van der Waals surface area contributed by atoms with Gasteiger partial charge in [0.2, 0.25) is 6.79 Å². The van der Waals surface area contributed by atoms with Crippen LogP contribution < -0.4 is 24.5 Å². The molecule has 2 aromatic heterocycles. The van der Waals surface area contributed by atoms with E-state index in [1.165, 1.54) is 7.11 Å². The highest BCUT2D eigenvalue weighted by molar-refractivity contribution is 6.14. The summed E-state index contributed by atoms with van der Waals surface area (Å²) < 4.78 is 21.6. The highest BCUT2D eigenvalue weighted by atomic mass is 16.7. The number of aromatic amines is 1. The second-order valence-corrected chi connectivity index (χ2v) is 5.98. The predicted octanol–water partition coefficient (Wildman–Crippen LogP) is 2.98. The molecule has 26 heavy (non-hydrogen) atoms. The van der Waals surface area contributed by atoms with Crippen molar-refractivity contribution in [2.75, 3.05) is 21.0 Å². The fourth-order valence-electron chi connectivity index (χ4n) is 3.39. The zero-order chi connectivity index (χ0) is 17.8. The number of fused-ring (bicyclic) bond motifs is 6. The van der Waals surface area contributed by atoms with Crippen LogP contribution in [0.1, 0.15) is 0 Å². The van der Waals surface area contributed by atoms with Crippen LogP contribution in [-0.4, -0.2) is 31.0 Å². The van der Waals surface area contributed by atoms with Gasteiger partial charge in [0.15, 0.2) is 23.0 Å². The van der Waals surface area contributed by atoms with E-state index < -0.39 is 0 Å². The molecule has 7 heteroatoms. The Labute approximate surface area is 147 Å². The van der Waals surface area contributed by atoms with Crippen molar-refractivity contribution < 1.29 is 18.9 Å². The number of pyridine rings is 2. The summed E-state index contributed by atoms with van der Waals surface area (Å²) >= 11 is 0. The smallest absolute Gasteiger partial charge is 0.256 e. The average molecular weight is 350 g/mol. The molecule has 3 heterocycles. The first-order chi connectivity index (χ1) is 12.7. The number of hydrogen-bond donors (Lipinski definition) is 1. The summed E-state index contributed by atoms with van der Waals surface area (Å²) in [6, 6.07) is 7.13. The van der Waals surface area contributed by atoms with Crippen molar-refractivity contribution in [2.45, 2.75) is 0 Å². The average Bonchev–Trinajstić information content (AvgIpc) is 3.12. The number of nitrogens with one attached hydrogen (secondary N) is 1. The monoisotopic (exact) mass is 350 g/mol. The summed E-state index contributed by atoms with van der Waals surface area (Å²) in [6.07, 6.45) is 1.74. The molecule has 0 fully saturated rings. The molecule has 7 nitrogen and oxygen atoms in total. The third kappa shape index (κ3) is 1.94. The maximum atomic E-state index is 12.7. The molecule has 1 aliphatic rings. The van der Waals surface area contributed by atoms with Gasteiger partial charge in [-0.3, -0.25) is 9.78 Å². The van der Waals surface area contributed by atoms with Gasteiger partial charge in [0.05, 0.1) is 30.6 Å². The summed E-state index contributed by atoms with van der Waals surface area (Å²) in [4.78, 5) is 20.2. The minimum absolute atomic E-state index is 0.181. The molecule has 0 spiro atoms. The summed E-state index contributed by atoms with van der Waals surface area (Å²) in [5.41, 5.74) is 1.20. The summed E-state index contributed by atoms with van der Waals surface area (Å²) in [6.45, 7) is 0.181. The third-order valence-corrected chi connectivity index (χ3v) is 4.66. The van der Waals surface area contributed by atoms with E-state index in [-0.39, 0.29) is 12.4 Å². The minimum Gasteiger partial charge on any atom is -0.493 e. The van der Waals surface area contributed by atoms with E-state index in [0.717, 1.165) is 21.7 Å². The molecule has 0 aliphatic carbocycles. The van der Waals surface area contributed by atoms with Crippen molar-refractivity contribution in [3.05, 3.63) is 40.8 Å². The largest absolute Gasteiger partial charge is 0.493 e. The second-order valence-electron chi connectivity index (χ2n) is 5.98. The van der Waals surface area contributed by atoms with Crippen molar-refractivity contribution in [3.63, 3.8) is 0 Å². The number of aromatic nitrogens is 2. The lowest BCUT2D eigenvalue weighted by Crippen LogP contribution is -2.07. The maximum Gasteiger partial charge on any atom is 0.256 e. The van der Waals surface area contributed by atoms with E-state index in [9.17, 15) is 4.79 Å². The van der Waals surface area contributed by atoms with Crippen LogP contribution in [0.2, 0.25) is 0 Å². The maximum absolute atomic E-state index is 12.7. The first-order valence-electron chi connectivity index (χ1n) is 7.99. The Morgan fingerprint density at radius 1 is 0.923 bits per heavy atom. The Kier molecular flexibility index (Phi) is 3.00. The second kappa shape index (κ2) is 5.26. The van der Waals surface area contributed by atoms with Crippen molar-refractivity contribution in [1.29, 1.82) is 0 Å². The van der Waals surface area contributed by atoms with E-state index in [1.807, 2.05) is 12.1 Å². The lowest BCUT2D eigenvalue weighted by molar-refractivity contribution is 0.174. The molecule has 0 saturated heterocycles. The molecule has 0 bridgehead atoms. The molecular weight excluding hydrogens is 336 g/mol. The van der Waals surface area contributed by atoms with Crippen LogP contribution in [0.5, 0.6) is 23.0 Å². The molecule has 0 saturated carbocycles. The highest BCUT2D eigenvalue weighted by Gasteiger charge is 2.18. The fourth-order valence-corrected chi connectivity index (χ4v) is 3.39. The van der Waals surface area contributed by atoms with Gasteiger partial charge in [-0.1, -0.05) is 0 Å². The van der Waals surface area contributed by atoms with Crippen molar-refractivity contribution >= 4 is 32.6 Å². The molecule has 130 valence electrons. The van der Waals surface area contributed by atoms with Crippen molar-refractivity contribution in [3.8, 4) is 23.0 Å². The van der Waals surface area contributed by atoms with Crippen molar-refractivity contribution in [2.24, 2.45) is 0 Å². The summed E-state index contributed by atoms with van der Waals surface area (Å²) in [7, 11) is 3.10. The van der Waals surface area contributed by atoms with Crippen LogP contribution in [0.15, 0.2) is 35.3 Å². The van der Waals surface area contributed by atoms with Crippen LogP contribution >= 0.6 is 0 Å². The first kappa shape index (κ1) is 14.8. The van der Waals surface area contributed by atoms with Gasteiger partial charge in [0.1, 0.15) is 0 Å². The Bertz CT molecular complexity index is 1260. The molecule has 2 aromatic carbocycles. The number of hydrogen-bond acceptors (Lipinski definition) is 6. The van der Waals surface area contributed by atoms with E-state index in [1.54, 1.807) is 25.4 Å². The Morgan fingerprint density at radius 3 is 2.35 bits per heavy atom. The molecule has 1 aliphatic heterocycles. The number of methoxy groups -OCH3 is 2. The zero-order valence-electron chi connectivity index (χ0n) is 14.1. The number of benzene rings is 2.